The predicted molar refractivity (Wildman–Crippen MR) is 40.8 cm³/mol. The van der Waals surface area contributed by atoms with E-state index in [4.69, 9.17) is 10.2 Å². The van der Waals surface area contributed by atoms with Crippen molar-refractivity contribution in [2.45, 2.75) is 25.4 Å². The summed E-state index contributed by atoms with van der Waals surface area (Å²) in [7, 11) is 0. The van der Waals surface area contributed by atoms with Crippen molar-refractivity contribution in [3.63, 3.8) is 0 Å². The minimum atomic E-state index is -0.292. The van der Waals surface area contributed by atoms with Gasteiger partial charge in [0, 0.05) is 12.4 Å². The Morgan fingerprint density at radius 2 is 2.00 bits per heavy atom. The number of rotatable bonds is 5. The van der Waals surface area contributed by atoms with Gasteiger partial charge in [0.05, 0.1) is 6.10 Å². The van der Waals surface area contributed by atoms with Crippen LogP contribution in [0.3, 0.4) is 0 Å². The summed E-state index contributed by atoms with van der Waals surface area (Å²) in [6.07, 6.45) is 2.13. The van der Waals surface area contributed by atoms with Crippen LogP contribution in [0.25, 0.3) is 0 Å². The molecule has 56 valence electrons. The van der Waals surface area contributed by atoms with Crippen LogP contribution in [-0.4, -0.2) is 28.7 Å². The Hall–Kier alpha value is 0.270. The van der Waals surface area contributed by atoms with Crippen molar-refractivity contribution < 1.29 is 10.2 Å². The molecular weight excluding hydrogens is 136 g/mol. The maximum absolute atomic E-state index is 8.93. The van der Waals surface area contributed by atoms with Crippen LogP contribution in [0, 0.1) is 0 Å². The first-order valence-electron chi connectivity index (χ1n) is 3.21. The molecule has 0 fully saturated rings. The third-order valence-corrected chi connectivity index (χ3v) is 1.58. The van der Waals surface area contributed by atoms with Crippen molar-refractivity contribution in [1.29, 1.82) is 0 Å². The quantitative estimate of drug-likeness (QED) is 0.393. The van der Waals surface area contributed by atoms with Gasteiger partial charge >= 0.3 is 0 Å². The highest BCUT2D eigenvalue weighted by atomic mass is 32.1. The van der Waals surface area contributed by atoms with Gasteiger partial charge in [-0.05, 0) is 19.3 Å². The molecule has 9 heavy (non-hydrogen) atoms. The van der Waals surface area contributed by atoms with Crippen LogP contribution in [0.2, 0.25) is 0 Å². The molecule has 0 saturated heterocycles. The highest BCUT2D eigenvalue weighted by molar-refractivity contribution is 7.80. The molecule has 0 heterocycles. The second-order valence-corrected chi connectivity index (χ2v) is 2.42. The molecule has 1 atom stereocenters. The lowest BCUT2D eigenvalue weighted by Crippen LogP contribution is -2.07. The van der Waals surface area contributed by atoms with Crippen LogP contribution in [0.4, 0.5) is 0 Å². The lowest BCUT2D eigenvalue weighted by atomic mass is 10.2. The molecule has 2 nitrogen and oxygen atoms in total. The van der Waals surface area contributed by atoms with Crippen molar-refractivity contribution in [2.24, 2.45) is 0 Å². The first kappa shape index (κ1) is 9.27. The third-order valence-electron chi connectivity index (χ3n) is 1.16. The SMILES string of the molecule is OCCCCC(O)CS. The molecule has 0 radical (unpaired) electrons. The van der Waals surface area contributed by atoms with Crippen molar-refractivity contribution >= 4 is 12.6 Å². The Labute approximate surface area is 61.3 Å². The maximum Gasteiger partial charge on any atom is 0.0628 e. The highest BCUT2D eigenvalue weighted by Crippen LogP contribution is 2.00. The molecule has 3 heteroatoms. The molecule has 0 aliphatic rings. The Morgan fingerprint density at radius 3 is 2.44 bits per heavy atom. The minimum Gasteiger partial charge on any atom is -0.396 e. The number of hydrogen-bond donors (Lipinski definition) is 3. The largest absolute Gasteiger partial charge is 0.396 e. The molecule has 0 aromatic heterocycles. The van der Waals surface area contributed by atoms with E-state index in [0.717, 1.165) is 19.3 Å². The van der Waals surface area contributed by atoms with E-state index in [1.165, 1.54) is 0 Å². The van der Waals surface area contributed by atoms with Crippen LogP contribution in [0.5, 0.6) is 0 Å². The standard InChI is InChI=1S/C6H14O2S/c7-4-2-1-3-6(8)5-9/h6-9H,1-5H2. The van der Waals surface area contributed by atoms with E-state index < -0.39 is 0 Å². The molecule has 0 saturated carbocycles. The van der Waals surface area contributed by atoms with Crippen molar-refractivity contribution in [2.75, 3.05) is 12.4 Å². The van der Waals surface area contributed by atoms with Crippen molar-refractivity contribution in [3.8, 4) is 0 Å². The van der Waals surface area contributed by atoms with Crippen LogP contribution < -0.4 is 0 Å². The fourth-order valence-corrected chi connectivity index (χ4v) is 0.766. The minimum absolute atomic E-state index is 0.222. The summed E-state index contributed by atoms with van der Waals surface area (Å²) in [6, 6.07) is 0. The topological polar surface area (TPSA) is 40.5 Å². The number of aliphatic hydroxyl groups excluding tert-OH is 2. The average Bonchev–Trinajstić information content (AvgIpc) is 1.89. The summed E-state index contributed by atoms with van der Waals surface area (Å²) in [5, 5.41) is 17.3. The van der Waals surface area contributed by atoms with E-state index in [9.17, 15) is 0 Å². The molecule has 0 aliphatic carbocycles. The van der Waals surface area contributed by atoms with Gasteiger partial charge in [0.15, 0.2) is 0 Å². The Bertz CT molecular complexity index is 59.0. The van der Waals surface area contributed by atoms with Gasteiger partial charge in [0.1, 0.15) is 0 Å². The molecule has 0 aromatic carbocycles. The molecule has 0 bridgehead atoms. The first-order valence-corrected chi connectivity index (χ1v) is 3.84. The van der Waals surface area contributed by atoms with E-state index >= 15 is 0 Å². The lowest BCUT2D eigenvalue weighted by molar-refractivity contribution is 0.180. The number of aliphatic hydroxyl groups is 2. The van der Waals surface area contributed by atoms with Crippen molar-refractivity contribution in [1.82, 2.24) is 0 Å². The summed E-state index contributed by atoms with van der Waals surface area (Å²) in [5.74, 6) is 0.519. The molecule has 0 aliphatic heterocycles. The fourth-order valence-electron chi connectivity index (χ4n) is 0.583. The summed E-state index contributed by atoms with van der Waals surface area (Å²) in [5.41, 5.74) is 0. The van der Waals surface area contributed by atoms with Crippen LogP contribution in [-0.2, 0) is 0 Å². The second kappa shape index (κ2) is 6.39. The predicted octanol–water partition coefficient (Wildman–Crippen LogP) is 0.440. The zero-order valence-corrected chi connectivity index (χ0v) is 6.35. The van der Waals surface area contributed by atoms with E-state index in [-0.39, 0.29) is 12.7 Å². The van der Waals surface area contributed by atoms with Gasteiger partial charge in [-0.2, -0.15) is 12.6 Å². The number of hydrogen-bond acceptors (Lipinski definition) is 3. The van der Waals surface area contributed by atoms with Gasteiger partial charge in [0.25, 0.3) is 0 Å². The summed E-state index contributed by atoms with van der Waals surface area (Å²) < 4.78 is 0. The van der Waals surface area contributed by atoms with Gasteiger partial charge < -0.3 is 10.2 Å². The molecule has 0 spiro atoms. The molecule has 2 N–H and O–H groups in total. The third kappa shape index (κ3) is 6.15. The van der Waals surface area contributed by atoms with Crippen molar-refractivity contribution in [3.05, 3.63) is 0 Å². The second-order valence-electron chi connectivity index (χ2n) is 2.06. The monoisotopic (exact) mass is 150 g/mol. The van der Waals surface area contributed by atoms with E-state index in [1.54, 1.807) is 0 Å². The van der Waals surface area contributed by atoms with Gasteiger partial charge in [-0.15, -0.1) is 0 Å². The number of thiol groups is 1. The normalized spacial score (nSPS) is 13.7. The smallest absolute Gasteiger partial charge is 0.0628 e. The molecule has 1 unspecified atom stereocenters. The zero-order valence-electron chi connectivity index (χ0n) is 5.45. The summed E-state index contributed by atoms with van der Waals surface area (Å²) in [4.78, 5) is 0. The molecule has 0 aromatic rings. The van der Waals surface area contributed by atoms with E-state index in [0.29, 0.717) is 5.75 Å². The fraction of sp³-hybridized carbons (Fsp3) is 1.00. The lowest BCUT2D eigenvalue weighted by Gasteiger charge is -2.04. The zero-order chi connectivity index (χ0) is 7.11. The molecular formula is C6H14O2S. The van der Waals surface area contributed by atoms with Crippen LogP contribution in [0.1, 0.15) is 19.3 Å². The van der Waals surface area contributed by atoms with E-state index in [2.05, 4.69) is 12.6 Å². The maximum atomic E-state index is 8.93. The average molecular weight is 150 g/mol. The van der Waals surface area contributed by atoms with Gasteiger partial charge in [-0.25, -0.2) is 0 Å². The molecule has 0 amide bonds. The Kier molecular flexibility index (Phi) is 6.58. The Balaban J connectivity index is 2.88. The molecule has 0 rings (SSSR count). The number of unbranched alkanes of at least 4 members (excludes halogenated alkanes) is 1. The first-order chi connectivity index (χ1) is 4.31. The van der Waals surface area contributed by atoms with Gasteiger partial charge in [-0.1, -0.05) is 0 Å². The van der Waals surface area contributed by atoms with Crippen LogP contribution >= 0.6 is 12.6 Å². The van der Waals surface area contributed by atoms with Gasteiger partial charge in [-0.3, -0.25) is 0 Å². The van der Waals surface area contributed by atoms with Gasteiger partial charge in [0.2, 0.25) is 0 Å². The summed E-state index contributed by atoms with van der Waals surface area (Å²) >= 11 is 3.91. The van der Waals surface area contributed by atoms with Crippen LogP contribution in [0.15, 0.2) is 0 Å². The summed E-state index contributed by atoms with van der Waals surface area (Å²) in [6.45, 7) is 0.222. The van der Waals surface area contributed by atoms with E-state index in [1.807, 2.05) is 0 Å². The Morgan fingerprint density at radius 1 is 1.33 bits per heavy atom. The highest BCUT2D eigenvalue weighted by Gasteiger charge is 1.98.